The number of hydrogen-bond donors (Lipinski definition) is 1. The van der Waals surface area contributed by atoms with Gasteiger partial charge in [-0.05, 0) is 13.0 Å². The van der Waals surface area contributed by atoms with Gasteiger partial charge in [-0.3, -0.25) is 0 Å². The molecule has 0 aromatic carbocycles. The third-order valence-electron chi connectivity index (χ3n) is 3.27. The summed E-state index contributed by atoms with van der Waals surface area (Å²) >= 11 is 1.24. The molecule has 0 radical (unpaired) electrons. The van der Waals surface area contributed by atoms with Gasteiger partial charge in [-0.15, -0.1) is 0 Å². The summed E-state index contributed by atoms with van der Waals surface area (Å²) in [5.41, 5.74) is 0.581. The zero-order valence-corrected chi connectivity index (χ0v) is 11.9. The number of aryl methyl sites for hydroxylation is 1. The lowest BCUT2D eigenvalue weighted by molar-refractivity contribution is -0.0169. The molecule has 2 saturated heterocycles. The van der Waals surface area contributed by atoms with Crippen LogP contribution in [0.3, 0.4) is 0 Å². The van der Waals surface area contributed by atoms with Crippen molar-refractivity contribution >= 4 is 17.5 Å². The van der Waals surface area contributed by atoms with Gasteiger partial charge in [-0.1, -0.05) is 16.9 Å². The first-order chi connectivity index (χ1) is 10.1. The van der Waals surface area contributed by atoms with Crippen LogP contribution in [0.4, 0.5) is 8.78 Å². The molecule has 114 valence electrons. The van der Waals surface area contributed by atoms with Gasteiger partial charge in [-0.2, -0.15) is 0 Å². The van der Waals surface area contributed by atoms with Gasteiger partial charge < -0.3 is 14.7 Å². The number of fused-ring (bicyclic) bond motifs is 2. The molecule has 0 amide bonds. The maximum atomic E-state index is 12.8. The average Bonchev–Trinajstić information content (AvgIpc) is 2.86. The fourth-order valence-electron chi connectivity index (χ4n) is 2.29. The minimum Gasteiger partial charge on any atom is -0.411 e. The van der Waals surface area contributed by atoms with Crippen LogP contribution in [0.15, 0.2) is 16.4 Å². The van der Waals surface area contributed by atoms with Crippen molar-refractivity contribution in [3.8, 4) is 0 Å². The Morgan fingerprint density at radius 1 is 1.48 bits per heavy atom. The molecule has 9 heteroatoms. The normalized spacial score (nSPS) is 30.3. The van der Waals surface area contributed by atoms with Crippen LogP contribution in [0, 0.1) is 6.92 Å². The van der Waals surface area contributed by atoms with Gasteiger partial charge >= 0.3 is 0 Å². The van der Waals surface area contributed by atoms with Crippen molar-refractivity contribution in [2.75, 3.05) is 6.61 Å². The summed E-state index contributed by atoms with van der Waals surface area (Å²) in [4.78, 5) is 8.03. The van der Waals surface area contributed by atoms with E-state index in [4.69, 9.17) is 14.7 Å². The molecule has 1 aromatic heterocycles. The van der Waals surface area contributed by atoms with Crippen LogP contribution >= 0.6 is 11.8 Å². The minimum atomic E-state index is -2.64. The highest BCUT2D eigenvalue weighted by Crippen LogP contribution is 2.36. The molecule has 0 saturated carbocycles. The van der Waals surface area contributed by atoms with Crippen molar-refractivity contribution in [1.29, 1.82) is 0 Å². The molecule has 1 aromatic rings. The molecule has 1 N–H and O–H groups in total. The van der Waals surface area contributed by atoms with Crippen molar-refractivity contribution in [2.45, 2.75) is 42.6 Å². The molecular weight excluding hydrogens is 304 g/mol. The first-order valence-corrected chi connectivity index (χ1v) is 7.23. The third kappa shape index (κ3) is 2.99. The molecule has 3 atom stereocenters. The minimum absolute atomic E-state index is 0.137. The second-order valence-corrected chi connectivity index (χ2v) is 6.02. The smallest absolute Gasteiger partial charge is 0.280 e. The molecule has 2 bridgehead atoms. The van der Waals surface area contributed by atoms with Crippen LogP contribution < -0.4 is 0 Å². The summed E-state index contributed by atoms with van der Waals surface area (Å²) in [6, 6.07) is 1.27. The van der Waals surface area contributed by atoms with E-state index in [-0.39, 0.29) is 22.2 Å². The number of ether oxygens (including phenoxy) is 2. The fraction of sp³-hybridized carbons (Fsp3) is 0.583. The zero-order chi connectivity index (χ0) is 15.0. The summed E-state index contributed by atoms with van der Waals surface area (Å²) in [6.07, 6.45) is -2.99. The average molecular weight is 317 g/mol. The number of alkyl halides is 2. The number of oxime groups is 1. The van der Waals surface area contributed by atoms with Crippen LogP contribution in [0.25, 0.3) is 0 Å². The summed E-state index contributed by atoms with van der Waals surface area (Å²) in [7, 11) is 0. The summed E-state index contributed by atoms with van der Waals surface area (Å²) in [6.45, 7) is 2.01. The van der Waals surface area contributed by atoms with E-state index in [0.717, 1.165) is 0 Å². The Hall–Kier alpha value is -1.32. The van der Waals surface area contributed by atoms with Crippen LogP contribution in [0.5, 0.6) is 0 Å². The lowest BCUT2D eigenvalue weighted by atomic mass is 10.1. The highest BCUT2D eigenvalue weighted by Gasteiger charge is 2.43. The Morgan fingerprint density at radius 2 is 2.29 bits per heavy atom. The van der Waals surface area contributed by atoms with Crippen molar-refractivity contribution in [1.82, 2.24) is 9.97 Å². The van der Waals surface area contributed by atoms with Crippen molar-refractivity contribution in [2.24, 2.45) is 5.16 Å². The zero-order valence-electron chi connectivity index (χ0n) is 11.1. The lowest BCUT2D eigenvalue weighted by Gasteiger charge is -2.26. The molecule has 3 heterocycles. The maximum absolute atomic E-state index is 12.8. The van der Waals surface area contributed by atoms with Gasteiger partial charge in [-0.25, -0.2) is 18.7 Å². The van der Waals surface area contributed by atoms with Gasteiger partial charge in [0.1, 0.15) is 11.4 Å². The van der Waals surface area contributed by atoms with E-state index in [2.05, 4.69) is 15.1 Å². The molecular formula is C12H13F2N3O3S. The SMILES string of the molecule is Cc1cc(C(F)F)nc(S[C@H]2CC(=NO)[C@@H]3OC[C@H]2O3)n1. The Kier molecular flexibility index (Phi) is 4.05. The van der Waals surface area contributed by atoms with E-state index in [1.165, 1.54) is 17.8 Å². The first-order valence-electron chi connectivity index (χ1n) is 6.35. The molecule has 0 spiro atoms. The van der Waals surface area contributed by atoms with E-state index in [9.17, 15) is 8.78 Å². The number of halogens is 2. The van der Waals surface area contributed by atoms with Crippen molar-refractivity contribution < 1.29 is 23.5 Å². The molecule has 0 unspecified atom stereocenters. The van der Waals surface area contributed by atoms with E-state index >= 15 is 0 Å². The fourth-order valence-corrected chi connectivity index (χ4v) is 3.47. The third-order valence-corrected chi connectivity index (χ3v) is 4.44. The number of thioether (sulfide) groups is 1. The van der Waals surface area contributed by atoms with Crippen LogP contribution in [-0.4, -0.2) is 45.1 Å². The van der Waals surface area contributed by atoms with E-state index in [1.807, 2.05) is 0 Å². The van der Waals surface area contributed by atoms with E-state index in [1.54, 1.807) is 6.92 Å². The monoisotopic (exact) mass is 317 g/mol. The topological polar surface area (TPSA) is 76.8 Å². The Morgan fingerprint density at radius 3 is 3.00 bits per heavy atom. The predicted molar refractivity (Wildman–Crippen MR) is 69.8 cm³/mol. The molecule has 2 aliphatic heterocycles. The van der Waals surface area contributed by atoms with Crippen LogP contribution in [-0.2, 0) is 9.47 Å². The van der Waals surface area contributed by atoms with Gasteiger partial charge in [0.05, 0.1) is 12.7 Å². The van der Waals surface area contributed by atoms with Gasteiger partial charge in [0.15, 0.2) is 5.16 Å². The second-order valence-electron chi connectivity index (χ2n) is 4.81. The molecule has 3 rings (SSSR count). The Bertz CT molecular complexity index is 573. The van der Waals surface area contributed by atoms with Crippen molar-refractivity contribution in [3.63, 3.8) is 0 Å². The predicted octanol–water partition coefficient (Wildman–Crippen LogP) is 2.16. The van der Waals surface area contributed by atoms with Gasteiger partial charge in [0.25, 0.3) is 6.43 Å². The standard InChI is InChI=1S/C12H13F2N3O3S/c1-5-2-6(10(13)14)16-12(15-5)21-9-3-7(17-18)11-19-4-8(9)20-11/h2,8-11,18H,3-4H2,1H3/t8-,9+,11-/m1/s1. The molecule has 2 aliphatic rings. The highest BCUT2D eigenvalue weighted by atomic mass is 32.2. The van der Waals surface area contributed by atoms with Crippen molar-refractivity contribution in [3.05, 3.63) is 17.5 Å². The number of aromatic nitrogens is 2. The van der Waals surface area contributed by atoms with Crippen LogP contribution in [0.1, 0.15) is 24.2 Å². The first kappa shape index (κ1) is 14.6. The summed E-state index contributed by atoms with van der Waals surface area (Å²) in [5, 5.41) is 12.2. The Balaban J connectivity index is 1.80. The maximum Gasteiger partial charge on any atom is 0.280 e. The highest BCUT2D eigenvalue weighted by molar-refractivity contribution is 7.99. The number of rotatable bonds is 3. The molecule has 2 fully saturated rings. The second kappa shape index (κ2) is 5.82. The molecule has 6 nitrogen and oxygen atoms in total. The largest absolute Gasteiger partial charge is 0.411 e. The van der Waals surface area contributed by atoms with Crippen LogP contribution in [0.2, 0.25) is 0 Å². The number of hydrogen-bond acceptors (Lipinski definition) is 7. The van der Waals surface area contributed by atoms with Gasteiger partial charge in [0.2, 0.25) is 6.29 Å². The van der Waals surface area contributed by atoms with E-state index in [0.29, 0.717) is 24.4 Å². The summed E-state index contributed by atoms with van der Waals surface area (Å²) < 4.78 is 36.5. The van der Waals surface area contributed by atoms with E-state index < -0.39 is 12.7 Å². The Labute approximate surface area is 123 Å². The molecule has 21 heavy (non-hydrogen) atoms. The summed E-state index contributed by atoms with van der Waals surface area (Å²) in [5.74, 6) is 0. The number of nitrogens with zero attached hydrogens (tertiary/aromatic N) is 3. The quantitative estimate of drug-likeness (QED) is 0.523. The van der Waals surface area contributed by atoms with Gasteiger partial charge in [0, 0.05) is 17.4 Å². The molecule has 0 aliphatic carbocycles. The lowest BCUT2D eigenvalue weighted by Crippen LogP contribution is -2.37.